The summed E-state index contributed by atoms with van der Waals surface area (Å²) >= 11 is 1.80. The van der Waals surface area contributed by atoms with E-state index in [1.165, 1.54) is 9.75 Å². The van der Waals surface area contributed by atoms with Gasteiger partial charge >= 0.3 is 0 Å². The molecule has 0 spiro atoms. The van der Waals surface area contributed by atoms with Gasteiger partial charge in [0.1, 0.15) is 0 Å². The molecule has 0 aliphatic carbocycles. The van der Waals surface area contributed by atoms with Gasteiger partial charge in [-0.3, -0.25) is 11.3 Å². The Morgan fingerprint density at radius 1 is 1.40 bits per heavy atom. The lowest BCUT2D eigenvalue weighted by atomic mass is 9.92. The van der Waals surface area contributed by atoms with E-state index in [9.17, 15) is 0 Å². The summed E-state index contributed by atoms with van der Waals surface area (Å²) in [6.07, 6.45) is 0. The third kappa shape index (κ3) is 2.58. The number of rotatable bonds is 4. The van der Waals surface area contributed by atoms with Crippen LogP contribution in [0.25, 0.3) is 0 Å². The molecule has 86 valence electrons. The number of nitrogens with one attached hydrogen (secondary N) is 1. The van der Waals surface area contributed by atoms with Crippen molar-refractivity contribution in [2.45, 2.75) is 32.4 Å². The maximum atomic E-state index is 5.67. The molecule has 0 aromatic carbocycles. The SMILES string of the molecule is Cc1ccc(C(NN)C(C)(C)N(C)C)s1. The second kappa shape index (κ2) is 4.61. The van der Waals surface area contributed by atoms with Crippen molar-refractivity contribution in [2.75, 3.05) is 14.1 Å². The number of thiophene rings is 1. The molecule has 0 aliphatic rings. The van der Waals surface area contributed by atoms with Crippen molar-refractivity contribution in [2.24, 2.45) is 5.84 Å². The minimum Gasteiger partial charge on any atom is -0.302 e. The van der Waals surface area contributed by atoms with Crippen molar-refractivity contribution in [3.05, 3.63) is 21.9 Å². The highest BCUT2D eigenvalue weighted by Gasteiger charge is 2.32. The highest BCUT2D eigenvalue weighted by molar-refractivity contribution is 7.12. The highest BCUT2D eigenvalue weighted by atomic mass is 32.1. The van der Waals surface area contributed by atoms with Gasteiger partial charge in [-0.1, -0.05) is 0 Å². The lowest BCUT2D eigenvalue weighted by molar-refractivity contribution is 0.140. The Morgan fingerprint density at radius 3 is 2.33 bits per heavy atom. The zero-order valence-electron chi connectivity index (χ0n) is 10.2. The normalized spacial score (nSPS) is 14.6. The zero-order valence-corrected chi connectivity index (χ0v) is 11.0. The van der Waals surface area contributed by atoms with Crippen molar-refractivity contribution in [1.82, 2.24) is 10.3 Å². The monoisotopic (exact) mass is 227 g/mol. The molecule has 1 rings (SSSR count). The van der Waals surface area contributed by atoms with Crippen LogP contribution in [-0.2, 0) is 0 Å². The number of hydrogen-bond donors (Lipinski definition) is 2. The quantitative estimate of drug-likeness (QED) is 0.610. The molecule has 3 N–H and O–H groups in total. The van der Waals surface area contributed by atoms with E-state index in [0.717, 1.165) is 0 Å². The van der Waals surface area contributed by atoms with E-state index in [2.05, 4.69) is 57.3 Å². The zero-order chi connectivity index (χ0) is 11.6. The highest BCUT2D eigenvalue weighted by Crippen LogP contribution is 2.32. The Balaban J connectivity index is 2.98. The molecule has 1 atom stereocenters. The van der Waals surface area contributed by atoms with Gasteiger partial charge in [-0.05, 0) is 47.0 Å². The summed E-state index contributed by atoms with van der Waals surface area (Å²) in [4.78, 5) is 4.79. The molecule has 1 aromatic heterocycles. The molecule has 0 amide bonds. The molecular weight excluding hydrogens is 206 g/mol. The van der Waals surface area contributed by atoms with Crippen molar-refractivity contribution in [1.29, 1.82) is 0 Å². The topological polar surface area (TPSA) is 41.3 Å². The molecule has 0 bridgehead atoms. The van der Waals surface area contributed by atoms with Crippen LogP contribution >= 0.6 is 11.3 Å². The lowest BCUT2D eigenvalue weighted by Gasteiger charge is -2.39. The van der Waals surface area contributed by atoms with Crippen LogP contribution in [0.1, 0.15) is 29.6 Å². The van der Waals surface area contributed by atoms with Crippen LogP contribution < -0.4 is 11.3 Å². The Kier molecular flexibility index (Phi) is 3.89. The minimum absolute atomic E-state index is 0.00789. The van der Waals surface area contributed by atoms with E-state index in [1.54, 1.807) is 11.3 Å². The summed E-state index contributed by atoms with van der Waals surface area (Å²) in [5.41, 5.74) is 2.91. The third-order valence-corrected chi connectivity index (χ3v) is 4.14. The summed E-state index contributed by atoms with van der Waals surface area (Å²) in [6.45, 7) is 6.49. The Hall–Kier alpha value is -0.420. The first-order chi connectivity index (χ1) is 6.89. The molecule has 3 nitrogen and oxygen atoms in total. The van der Waals surface area contributed by atoms with Crippen molar-refractivity contribution in [3.8, 4) is 0 Å². The van der Waals surface area contributed by atoms with E-state index < -0.39 is 0 Å². The third-order valence-electron chi connectivity index (χ3n) is 3.07. The fraction of sp³-hybridized carbons (Fsp3) is 0.636. The molecule has 0 saturated carbocycles. The maximum Gasteiger partial charge on any atom is 0.0731 e. The van der Waals surface area contributed by atoms with E-state index >= 15 is 0 Å². The van der Waals surface area contributed by atoms with Gasteiger partial charge in [-0.25, -0.2) is 0 Å². The number of hydrazine groups is 1. The summed E-state index contributed by atoms with van der Waals surface area (Å²) in [5.74, 6) is 5.67. The second-order valence-corrected chi connectivity index (χ2v) is 5.92. The predicted molar refractivity (Wildman–Crippen MR) is 66.9 cm³/mol. The van der Waals surface area contributed by atoms with Gasteiger partial charge in [0.2, 0.25) is 0 Å². The first kappa shape index (κ1) is 12.6. The van der Waals surface area contributed by atoms with Crippen LogP contribution in [0, 0.1) is 6.92 Å². The van der Waals surface area contributed by atoms with Crippen LogP contribution in [0.4, 0.5) is 0 Å². The number of aryl methyl sites for hydroxylation is 1. The molecule has 1 heterocycles. The van der Waals surface area contributed by atoms with E-state index in [-0.39, 0.29) is 11.6 Å². The molecule has 0 fully saturated rings. The number of likely N-dealkylation sites (N-methyl/N-ethyl adjacent to an activating group) is 1. The number of hydrogen-bond acceptors (Lipinski definition) is 4. The Morgan fingerprint density at radius 2 is 2.00 bits per heavy atom. The summed E-state index contributed by atoms with van der Waals surface area (Å²) in [5, 5.41) is 0. The summed E-state index contributed by atoms with van der Waals surface area (Å²) in [6, 6.07) is 4.44. The van der Waals surface area contributed by atoms with E-state index in [4.69, 9.17) is 5.84 Å². The minimum atomic E-state index is -0.00789. The average molecular weight is 227 g/mol. The molecule has 15 heavy (non-hydrogen) atoms. The van der Waals surface area contributed by atoms with Crippen LogP contribution in [0.3, 0.4) is 0 Å². The molecule has 0 radical (unpaired) electrons. The van der Waals surface area contributed by atoms with Gasteiger partial charge in [0, 0.05) is 15.3 Å². The maximum absolute atomic E-state index is 5.67. The number of nitrogens with two attached hydrogens (primary N) is 1. The van der Waals surface area contributed by atoms with Crippen molar-refractivity contribution >= 4 is 11.3 Å². The van der Waals surface area contributed by atoms with Gasteiger partial charge < -0.3 is 4.90 Å². The largest absolute Gasteiger partial charge is 0.302 e. The number of nitrogens with zero attached hydrogens (tertiary/aromatic N) is 1. The van der Waals surface area contributed by atoms with Gasteiger partial charge in [-0.2, -0.15) is 0 Å². The molecule has 4 heteroatoms. The first-order valence-corrected chi connectivity index (χ1v) is 5.91. The Labute approximate surface area is 96.2 Å². The van der Waals surface area contributed by atoms with Crippen LogP contribution in [-0.4, -0.2) is 24.5 Å². The molecular formula is C11H21N3S. The smallest absolute Gasteiger partial charge is 0.0731 e. The first-order valence-electron chi connectivity index (χ1n) is 5.09. The average Bonchev–Trinajstić information content (AvgIpc) is 2.52. The molecule has 1 aromatic rings. The predicted octanol–water partition coefficient (Wildman–Crippen LogP) is 1.90. The van der Waals surface area contributed by atoms with E-state index in [1.807, 2.05) is 0 Å². The molecule has 1 unspecified atom stereocenters. The van der Waals surface area contributed by atoms with Gasteiger partial charge in [0.15, 0.2) is 0 Å². The van der Waals surface area contributed by atoms with Gasteiger partial charge in [-0.15, -0.1) is 11.3 Å². The summed E-state index contributed by atoms with van der Waals surface area (Å²) < 4.78 is 0. The lowest BCUT2D eigenvalue weighted by Crippen LogP contribution is -2.50. The van der Waals surface area contributed by atoms with E-state index in [0.29, 0.717) is 0 Å². The standard InChI is InChI=1S/C11H21N3S/c1-8-6-7-9(15-8)10(13-12)11(2,3)14(4)5/h6-7,10,13H,12H2,1-5H3. The van der Waals surface area contributed by atoms with Gasteiger partial charge in [0.25, 0.3) is 0 Å². The van der Waals surface area contributed by atoms with Crippen LogP contribution in [0.2, 0.25) is 0 Å². The van der Waals surface area contributed by atoms with Gasteiger partial charge in [0.05, 0.1) is 6.04 Å². The second-order valence-electron chi connectivity index (χ2n) is 4.60. The summed E-state index contributed by atoms with van der Waals surface area (Å²) in [7, 11) is 4.15. The fourth-order valence-electron chi connectivity index (χ4n) is 1.50. The Bertz CT molecular complexity index is 317. The van der Waals surface area contributed by atoms with Crippen molar-refractivity contribution in [3.63, 3.8) is 0 Å². The van der Waals surface area contributed by atoms with Crippen LogP contribution in [0.15, 0.2) is 12.1 Å². The molecule has 0 saturated heterocycles. The fourth-order valence-corrected chi connectivity index (χ4v) is 2.62. The molecule has 0 aliphatic heterocycles. The van der Waals surface area contributed by atoms with Crippen molar-refractivity contribution < 1.29 is 0 Å². The van der Waals surface area contributed by atoms with Crippen LogP contribution in [0.5, 0.6) is 0 Å².